The van der Waals surface area contributed by atoms with Gasteiger partial charge in [0.25, 0.3) is 0 Å². The van der Waals surface area contributed by atoms with Gasteiger partial charge in [-0.25, -0.2) is 0 Å². The van der Waals surface area contributed by atoms with Gasteiger partial charge in [-0.05, 0) is 83.3 Å². The molecule has 0 aromatic heterocycles. The predicted molar refractivity (Wildman–Crippen MR) is 144 cm³/mol. The van der Waals surface area contributed by atoms with E-state index in [1.165, 1.54) is 40.3 Å². The summed E-state index contributed by atoms with van der Waals surface area (Å²) in [6.45, 7) is 2.56. The molecular weight excluding hydrogens is 442 g/mol. The maximum Gasteiger partial charge on any atom is 0.0975 e. The molecule has 2 aliphatic heterocycles. The van der Waals surface area contributed by atoms with E-state index in [0.717, 1.165) is 51.4 Å². The number of allylic oxidation sites excluding steroid dienone is 1. The zero-order chi connectivity index (χ0) is 24.3. The van der Waals surface area contributed by atoms with E-state index in [1.807, 2.05) is 7.05 Å². The van der Waals surface area contributed by atoms with Crippen LogP contribution in [0, 0.1) is 16.5 Å². The van der Waals surface area contributed by atoms with Crippen molar-refractivity contribution >= 4 is 10.8 Å². The highest BCUT2D eigenvalue weighted by atomic mass is 16.6. The summed E-state index contributed by atoms with van der Waals surface area (Å²) in [7, 11) is 1.95. The molecule has 2 aromatic rings. The molecule has 0 amide bonds. The Bertz CT molecular complexity index is 1320. The van der Waals surface area contributed by atoms with Crippen molar-refractivity contribution in [1.29, 1.82) is 0 Å². The number of hydroxylamine groups is 3. The molecule has 2 heterocycles. The van der Waals surface area contributed by atoms with Crippen LogP contribution in [0.5, 0.6) is 0 Å². The van der Waals surface area contributed by atoms with Crippen LogP contribution in [0.4, 0.5) is 0 Å². The van der Waals surface area contributed by atoms with Gasteiger partial charge in [0, 0.05) is 25.7 Å². The quantitative estimate of drug-likeness (QED) is 0.335. The Labute approximate surface area is 215 Å². The van der Waals surface area contributed by atoms with Crippen LogP contribution in [0.1, 0.15) is 82.6 Å². The lowest BCUT2D eigenvalue weighted by Crippen LogP contribution is -2.58. The van der Waals surface area contributed by atoms with Crippen molar-refractivity contribution in [2.45, 2.75) is 100 Å². The zero-order valence-electron chi connectivity index (χ0n) is 21.8. The first kappa shape index (κ1) is 22.1. The fraction of sp³-hybridized carbons (Fsp3) is 0.576. The molecule has 1 unspecified atom stereocenters. The van der Waals surface area contributed by atoms with Crippen molar-refractivity contribution in [2.24, 2.45) is 11.3 Å². The Balaban J connectivity index is 1.15. The van der Waals surface area contributed by atoms with Gasteiger partial charge in [0.2, 0.25) is 0 Å². The molecule has 3 nitrogen and oxygen atoms in total. The largest absolute Gasteiger partial charge is 0.633 e. The second-order valence-electron chi connectivity index (χ2n) is 13.5. The molecule has 3 saturated carbocycles. The Kier molecular flexibility index (Phi) is 4.37. The number of rotatable bonds is 3. The highest BCUT2D eigenvalue weighted by Gasteiger charge is 2.67. The third-order valence-electron chi connectivity index (χ3n) is 11.8. The molecular formula is C33H39NO2. The summed E-state index contributed by atoms with van der Waals surface area (Å²) in [5, 5.41) is 16.3. The van der Waals surface area contributed by atoms with Crippen molar-refractivity contribution in [1.82, 2.24) is 0 Å². The van der Waals surface area contributed by atoms with E-state index in [4.69, 9.17) is 4.74 Å². The van der Waals surface area contributed by atoms with Crippen LogP contribution in [-0.4, -0.2) is 35.0 Å². The number of ether oxygens (including phenoxy) is 1. The zero-order valence-corrected chi connectivity index (χ0v) is 21.8. The smallest absolute Gasteiger partial charge is 0.0975 e. The first-order valence-electron chi connectivity index (χ1n) is 14.5. The monoisotopic (exact) mass is 481 g/mol. The molecule has 2 bridgehead atoms. The van der Waals surface area contributed by atoms with Crippen LogP contribution in [0.3, 0.4) is 0 Å². The molecule has 188 valence electrons. The van der Waals surface area contributed by atoms with Crippen molar-refractivity contribution in [3.8, 4) is 0 Å². The minimum atomic E-state index is -0.182. The van der Waals surface area contributed by atoms with Gasteiger partial charge in [-0.15, -0.1) is 0 Å². The lowest BCUT2D eigenvalue weighted by atomic mass is 9.58. The highest BCUT2D eigenvalue weighted by molar-refractivity contribution is 5.83. The van der Waals surface area contributed by atoms with Crippen LogP contribution in [0.15, 0.2) is 65.8 Å². The number of hydrogen-bond acceptors (Lipinski definition) is 2. The van der Waals surface area contributed by atoms with Gasteiger partial charge in [0.1, 0.15) is 0 Å². The number of hydrogen-bond donors (Lipinski definition) is 0. The fourth-order valence-electron chi connectivity index (χ4n) is 9.68. The molecule has 6 aliphatic rings. The maximum absolute atomic E-state index is 13.6. The third kappa shape index (κ3) is 2.80. The highest BCUT2D eigenvalue weighted by Crippen LogP contribution is 2.69. The van der Waals surface area contributed by atoms with Gasteiger partial charge in [0.05, 0.1) is 30.3 Å². The van der Waals surface area contributed by atoms with E-state index in [-0.39, 0.29) is 27.3 Å². The second-order valence-corrected chi connectivity index (χ2v) is 13.5. The Morgan fingerprint density at radius 1 is 0.944 bits per heavy atom. The topological polar surface area (TPSA) is 32.3 Å². The number of nitrogens with zero attached hydrogens (tertiary/aromatic N) is 1. The normalized spacial score (nSPS) is 42.7. The van der Waals surface area contributed by atoms with Crippen molar-refractivity contribution in [2.75, 3.05) is 7.05 Å². The average Bonchev–Trinajstić information content (AvgIpc) is 3.63. The van der Waals surface area contributed by atoms with Crippen molar-refractivity contribution < 1.29 is 9.38 Å². The molecule has 3 heteroatoms. The molecule has 2 aromatic carbocycles. The predicted octanol–water partition coefficient (Wildman–Crippen LogP) is 7.56. The van der Waals surface area contributed by atoms with E-state index in [1.54, 1.807) is 0 Å². The van der Waals surface area contributed by atoms with Gasteiger partial charge in [-0.1, -0.05) is 61.5 Å². The van der Waals surface area contributed by atoms with Crippen LogP contribution in [0.25, 0.3) is 10.8 Å². The summed E-state index contributed by atoms with van der Waals surface area (Å²) >= 11 is 0. The molecule has 1 saturated heterocycles. The summed E-state index contributed by atoms with van der Waals surface area (Å²) in [6, 6.07) is 16.5. The van der Waals surface area contributed by atoms with Gasteiger partial charge in [0.15, 0.2) is 0 Å². The van der Waals surface area contributed by atoms with E-state index < -0.39 is 0 Å². The van der Waals surface area contributed by atoms with E-state index >= 15 is 0 Å². The lowest BCUT2D eigenvalue weighted by molar-refractivity contribution is -0.899. The Morgan fingerprint density at radius 2 is 1.78 bits per heavy atom. The number of quaternary nitrogens is 1. The molecule has 2 spiro atoms. The minimum absolute atomic E-state index is 0.0285. The van der Waals surface area contributed by atoms with Crippen molar-refractivity contribution in [3.63, 3.8) is 0 Å². The Morgan fingerprint density at radius 3 is 2.61 bits per heavy atom. The molecule has 4 fully saturated rings. The summed E-state index contributed by atoms with van der Waals surface area (Å²) in [4.78, 5) is 0. The molecule has 7 atom stereocenters. The Hall–Kier alpha value is -1.94. The van der Waals surface area contributed by atoms with Gasteiger partial charge in [-0.3, -0.25) is 0 Å². The van der Waals surface area contributed by atoms with Crippen molar-refractivity contribution in [3.05, 3.63) is 76.5 Å². The summed E-state index contributed by atoms with van der Waals surface area (Å²) in [5.41, 5.74) is 4.38. The fourth-order valence-corrected chi connectivity index (χ4v) is 9.68. The standard InChI is InChI=1S/C33H39NO2/c1-31-16-15-26-20-25-9-10-28(34(2,35)27-11-12-27)21-32(25)17-18-33(26,36-32)30(31)14-13-29(31)24-8-7-22-5-3-4-6-23(22)19-24/h3-8,15,19-20,27-30H,9-14,16-18,21H2,1-2H3/t28-,29-,30-,31-,32-,33-,34?/m1/s1. The van der Waals surface area contributed by atoms with E-state index in [0.29, 0.717) is 17.9 Å². The summed E-state index contributed by atoms with van der Waals surface area (Å²) in [5.74, 6) is 1.12. The van der Waals surface area contributed by atoms with Gasteiger partial charge >= 0.3 is 0 Å². The molecule has 0 radical (unpaired) electrons. The van der Waals surface area contributed by atoms with Gasteiger partial charge in [-0.2, -0.15) is 0 Å². The summed E-state index contributed by atoms with van der Waals surface area (Å²) in [6.07, 6.45) is 16.2. The van der Waals surface area contributed by atoms with E-state index in [2.05, 4.69) is 61.5 Å². The first-order chi connectivity index (χ1) is 17.3. The molecule has 8 rings (SSSR count). The third-order valence-corrected chi connectivity index (χ3v) is 11.8. The first-order valence-corrected chi connectivity index (χ1v) is 14.5. The van der Waals surface area contributed by atoms with Crippen LogP contribution < -0.4 is 0 Å². The van der Waals surface area contributed by atoms with Crippen LogP contribution >= 0.6 is 0 Å². The molecule has 36 heavy (non-hydrogen) atoms. The lowest BCUT2D eigenvalue weighted by Gasteiger charge is -2.56. The number of fused-ring (bicyclic) bond motifs is 2. The SMILES string of the molecule is C[C@]12CC=C3C=C4CC[C@@H]([N+](C)([O-])C5CC5)C[C@]45CC[C@]3(O5)[C@@H]1CC[C@@H]2c1ccc2ccccc2c1. The maximum atomic E-state index is 13.6. The average molecular weight is 482 g/mol. The second kappa shape index (κ2) is 7.12. The van der Waals surface area contributed by atoms with Gasteiger partial charge < -0.3 is 14.6 Å². The van der Waals surface area contributed by atoms with Crippen LogP contribution in [0.2, 0.25) is 0 Å². The van der Waals surface area contributed by atoms with Crippen LogP contribution in [-0.2, 0) is 4.74 Å². The molecule has 0 N–H and O–H groups in total. The molecule has 4 aliphatic carbocycles. The minimum Gasteiger partial charge on any atom is -0.633 e. The van der Waals surface area contributed by atoms with E-state index in [9.17, 15) is 5.21 Å². The summed E-state index contributed by atoms with van der Waals surface area (Å²) < 4.78 is 7.43. The number of benzene rings is 2.